The fourth-order valence-corrected chi connectivity index (χ4v) is 5.79. The van der Waals surface area contributed by atoms with Crippen molar-refractivity contribution in [1.82, 2.24) is 0 Å². The van der Waals surface area contributed by atoms with E-state index in [1.165, 1.54) is 0 Å². The van der Waals surface area contributed by atoms with Gasteiger partial charge in [0.15, 0.2) is 13.9 Å². The van der Waals surface area contributed by atoms with Crippen molar-refractivity contribution in [1.29, 1.82) is 10.5 Å². The Morgan fingerprint density at radius 3 is 2.26 bits per heavy atom. The van der Waals surface area contributed by atoms with Gasteiger partial charge >= 0.3 is 0 Å². The van der Waals surface area contributed by atoms with Crippen LogP contribution in [0.15, 0.2) is 0 Å². The number of hydrogen-bond donors (Lipinski definition) is 0. The molecule has 4 atom stereocenters. The minimum Gasteiger partial charge on any atom is -0.399 e. The van der Waals surface area contributed by atoms with Gasteiger partial charge in [-0.1, -0.05) is 20.3 Å². The smallest absolute Gasteiger partial charge is 0.185 e. The van der Waals surface area contributed by atoms with E-state index in [-0.39, 0.29) is 16.7 Å². The zero-order valence-corrected chi connectivity index (χ0v) is 13.7. The van der Waals surface area contributed by atoms with Crippen molar-refractivity contribution in [3.05, 3.63) is 0 Å². The lowest BCUT2D eigenvalue weighted by atomic mass is 9.63. The average Bonchev–Trinajstić information content (AvgIpc) is 2.68. The van der Waals surface area contributed by atoms with E-state index in [9.17, 15) is 10.5 Å². The van der Waals surface area contributed by atoms with E-state index in [4.69, 9.17) is 4.43 Å². The summed E-state index contributed by atoms with van der Waals surface area (Å²) in [4.78, 5) is 0. The van der Waals surface area contributed by atoms with Gasteiger partial charge in [-0.05, 0) is 37.9 Å². The van der Waals surface area contributed by atoms with Crippen molar-refractivity contribution in [2.75, 3.05) is 0 Å². The lowest BCUT2D eigenvalue weighted by molar-refractivity contribution is -0.0242. The Balaban J connectivity index is 2.53. The standard InChI is InChI=1S/C15H24N2OSi/c1-13-7-6-8-14(13,2)15(11-17,9-12(13)10-16)18-19(3,4)5/h12H,6-9H2,1-5H3/t12-,13-,14-,15+/m0/s1. The Morgan fingerprint density at radius 1 is 1.16 bits per heavy atom. The molecule has 0 radical (unpaired) electrons. The molecule has 0 aromatic carbocycles. The van der Waals surface area contributed by atoms with Crippen molar-refractivity contribution in [3.63, 3.8) is 0 Å². The number of nitriles is 2. The van der Waals surface area contributed by atoms with Crippen LogP contribution in [0, 0.1) is 39.4 Å². The van der Waals surface area contributed by atoms with E-state index in [0.29, 0.717) is 6.42 Å². The average molecular weight is 276 g/mol. The number of nitrogens with zero attached hydrogens (tertiary/aromatic N) is 2. The molecular weight excluding hydrogens is 252 g/mol. The predicted molar refractivity (Wildman–Crippen MR) is 76.6 cm³/mol. The zero-order valence-electron chi connectivity index (χ0n) is 12.7. The SMILES string of the molecule is C[C@]12CCC[C@@]1(C)[C@H](C#N)C[C@]2(C#N)O[Si](C)(C)C. The van der Waals surface area contributed by atoms with Crippen LogP contribution in [0.2, 0.25) is 19.6 Å². The summed E-state index contributed by atoms with van der Waals surface area (Å²) in [5, 5.41) is 19.4. The molecule has 0 N–H and O–H groups in total. The van der Waals surface area contributed by atoms with Crippen LogP contribution in [0.4, 0.5) is 0 Å². The summed E-state index contributed by atoms with van der Waals surface area (Å²) in [5.74, 6) is -0.0593. The maximum atomic E-state index is 9.86. The van der Waals surface area contributed by atoms with E-state index in [1.54, 1.807) is 0 Å². The molecule has 104 valence electrons. The first-order valence-electron chi connectivity index (χ1n) is 7.15. The van der Waals surface area contributed by atoms with Gasteiger partial charge in [-0.3, -0.25) is 0 Å². The third-order valence-corrected chi connectivity index (χ3v) is 6.56. The molecule has 0 saturated heterocycles. The van der Waals surface area contributed by atoms with Crippen LogP contribution in [0.3, 0.4) is 0 Å². The summed E-state index contributed by atoms with van der Waals surface area (Å²) >= 11 is 0. The third kappa shape index (κ3) is 1.77. The van der Waals surface area contributed by atoms with Gasteiger partial charge in [0.25, 0.3) is 0 Å². The Bertz CT molecular complexity index is 472. The molecule has 4 heteroatoms. The molecule has 2 saturated carbocycles. The summed E-state index contributed by atoms with van der Waals surface area (Å²) in [6.45, 7) is 10.8. The van der Waals surface area contributed by atoms with Gasteiger partial charge in [-0.15, -0.1) is 0 Å². The molecule has 0 heterocycles. The Labute approximate surface area is 117 Å². The van der Waals surface area contributed by atoms with Gasteiger partial charge in [-0.2, -0.15) is 10.5 Å². The van der Waals surface area contributed by atoms with Gasteiger partial charge in [0.1, 0.15) is 0 Å². The normalized spacial score (nSPS) is 45.5. The minimum atomic E-state index is -1.83. The van der Waals surface area contributed by atoms with Gasteiger partial charge < -0.3 is 4.43 Å². The topological polar surface area (TPSA) is 56.8 Å². The van der Waals surface area contributed by atoms with Crippen LogP contribution in [0.5, 0.6) is 0 Å². The van der Waals surface area contributed by atoms with E-state index >= 15 is 0 Å². The van der Waals surface area contributed by atoms with Gasteiger partial charge in [0.05, 0.1) is 18.1 Å². The van der Waals surface area contributed by atoms with Crippen LogP contribution < -0.4 is 0 Å². The quantitative estimate of drug-likeness (QED) is 0.720. The fourth-order valence-electron chi connectivity index (χ4n) is 4.39. The molecule has 19 heavy (non-hydrogen) atoms. The zero-order chi connectivity index (χ0) is 14.5. The second-order valence-corrected chi connectivity index (χ2v) is 12.1. The highest BCUT2D eigenvalue weighted by molar-refractivity contribution is 6.69. The Kier molecular flexibility index (Phi) is 3.12. The second kappa shape index (κ2) is 4.07. The summed E-state index contributed by atoms with van der Waals surface area (Å²) in [7, 11) is -1.83. The van der Waals surface area contributed by atoms with Gasteiger partial charge in [0.2, 0.25) is 0 Å². The highest BCUT2D eigenvalue weighted by atomic mass is 28.4. The van der Waals surface area contributed by atoms with Gasteiger partial charge in [0, 0.05) is 11.8 Å². The summed E-state index contributed by atoms with van der Waals surface area (Å²) in [5.41, 5.74) is -1.02. The van der Waals surface area contributed by atoms with Crippen LogP contribution in [0.25, 0.3) is 0 Å². The lowest BCUT2D eigenvalue weighted by Gasteiger charge is -2.46. The molecule has 2 aliphatic rings. The van der Waals surface area contributed by atoms with E-state index in [1.807, 2.05) is 0 Å². The molecule has 0 bridgehead atoms. The fraction of sp³-hybridized carbons (Fsp3) is 0.867. The van der Waals surface area contributed by atoms with Crippen LogP contribution in [0.1, 0.15) is 39.5 Å². The van der Waals surface area contributed by atoms with E-state index < -0.39 is 13.9 Å². The first kappa shape index (κ1) is 14.6. The van der Waals surface area contributed by atoms with Gasteiger partial charge in [-0.25, -0.2) is 0 Å². The van der Waals surface area contributed by atoms with Crippen molar-refractivity contribution >= 4 is 8.32 Å². The molecule has 2 rings (SSSR count). The number of fused-ring (bicyclic) bond motifs is 1. The molecule has 0 amide bonds. The molecule has 0 aromatic rings. The molecule has 3 nitrogen and oxygen atoms in total. The summed E-state index contributed by atoms with van der Waals surface area (Å²) in [6.07, 6.45) is 3.72. The van der Waals surface area contributed by atoms with Crippen molar-refractivity contribution in [2.45, 2.75) is 64.8 Å². The Morgan fingerprint density at radius 2 is 1.79 bits per heavy atom. The van der Waals surface area contributed by atoms with E-state index in [0.717, 1.165) is 19.3 Å². The molecule has 0 unspecified atom stereocenters. The van der Waals surface area contributed by atoms with Crippen LogP contribution in [-0.4, -0.2) is 13.9 Å². The molecule has 2 fully saturated rings. The molecular formula is C15H24N2OSi. The molecule has 0 aromatic heterocycles. The van der Waals surface area contributed by atoms with Crippen molar-refractivity contribution < 1.29 is 4.43 Å². The van der Waals surface area contributed by atoms with Crippen molar-refractivity contribution in [3.8, 4) is 12.1 Å². The van der Waals surface area contributed by atoms with Crippen LogP contribution in [-0.2, 0) is 4.43 Å². The highest BCUT2D eigenvalue weighted by Crippen LogP contribution is 2.70. The predicted octanol–water partition coefficient (Wildman–Crippen LogP) is 3.84. The first-order valence-corrected chi connectivity index (χ1v) is 10.6. The Hall–Kier alpha value is -0.843. The largest absolute Gasteiger partial charge is 0.399 e. The van der Waals surface area contributed by atoms with E-state index in [2.05, 4.69) is 45.6 Å². The maximum absolute atomic E-state index is 9.86. The number of rotatable bonds is 2. The third-order valence-electron chi connectivity index (χ3n) is 5.60. The highest BCUT2D eigenvalue weighted by Gasteiger charge is 2.71. The lowest BCUT2D eigenvalue weighted by Crippen LogP contribution is -2.52. The summed E-state index contributed by atoms with van der Waals surface area (Å²) in [6, 6.07) is 4.96. The van der Waals surface area contributed by atoms with Crippen LogP contribution >= 0.6 is 0 Å². The first-order chi connectivity index (χ1) is 8.64. The maximum Gasteiger partial charge on any atom is 0.185 e. The van der Waals surface area contributed by atoms with Crippen molar-refractivity contribution in [2.24, 2.45) is 16.7 Å². The summed E-state index contributed by atoms with van der Waals surface area (Å²) < 4.78 is 6.38. The molecule has 0 spiro atoms. The molecule has 2 aliphatic carbocycles. The minimum absolute atomic E-state index is 0.0593. The molecule has 0 aliphatic heterocycles. The second-order valence-electron chi connectivity index (χ2n) is 7.64. The monoisotopic (exact) mass is 276 g/mol. The number of hydrogen-bond acceptors (Lipinski definition) is 3.